The molecule has 0 aliphatic heterocycles. The number of anilines is 1. The van der Waals surface area contributed by atoms with Gasteiger partial charge >= 0.3 is 0 Å². The number of aryl methyl sites for hydroxylation is 3. The molecular formula is C18H24ClN3O2S. The van der Waals surface area contributed by atoms with Gasteiger partial charge in [-0.3, -0.25) is 4.79 Å². The third-order valence-electron chi connectivity index (χ3n) is 4.42. The second-order valence-corrected chi connectivity index (χ2v) is 7.31. The van der Waals surface area contributed by atoms with Crippen LogP contribution in [-0.2, 0) is 22.4 Å². The van der Waals surface area contributed by atoms with Gasteiger partial charge in [-0.25, -0.2) is 4.98 Å². The molecule has 7 heteroatoms. The van der Waals surface area contributed by atoms with Crippen molar-refractivity contribution in [1.29, 1.82) is 0 Å². The van der Waals surface area contributed by atoms with Crippen molar-refractivity contribution in [1.82, 2.24) is 4.98 Å². The highest BCUT2D eigenvalue weighted by Gasteiger charge is 2.17. The average molecular weight is 382 g/mol. The first kappa shape index (κ1) is 19.8. The number of methoxy groups -OCH3 is 1. The molecule has 1 unspecified atom stereocenters. The van der Waals surface area contributed by atoms with Crippen LogP contribution in [0.5, 0.6) is 0 Å². The quantitative estimate of drug-likeness (QED) is 0.804. The molecule has 1 amide bonds. The van der Waals surface area contributed by atoms with Gasteiger partial charge in [0.05, 0.1) is 18.2 Å². The molecule has 1 aliphatic rings. The zero-order valence-corrected chi connectivity index (χ0v) is 16.1. The highest BCUT2D eigenvalue weighted by atomic mass is 35.5. The number of carbonyl (C=O) groups is 1. The number of nitrogens with zero attached hydrogens (tertiary/aromatic N) is 1. The average Bonchev–Trinajstić information content (AvgIpc) is 3.18. The Bertz CT molecular complexity index is 744. The van der Waals surface area contributed by atoms with Crippen LogP contribution in [-0.4, -0.2) is 30.6 Å². The second-order valence-electron chi connectivity index (χ2n) is 6.11. The molecule has 0 spiro atoms. The summed E-state index contributed by atoms with van der Waals surface area (Å²) in [6.07, 6.45) is 3.53. The Morgan fingerprint density at radius 3 is 2.88 bits per heavy atom. The number of aromatic nitrogens is 1. The first-order valence-corrected chi connectivity index (χ1v) is 9.04. The monoisotopic (exact) mass is 381 g/mol. The van der Waals surface area contributed by atoms with Crippen molar-refractivity contribution in [3.05, 3.63) is 34.2 Å². The smallest absolute Gasteiger partial charge is 0.228 e. The highest BCUT2D eigenvalue weighted by Crippen LogP contribution is 2.33. The Labute approximate surface area is 158 Å². The van der Waals surface area contributed by atoms with Crippen molar-refractivity contribution in [2.45, 2.75) is 38.7 Å². The van der Waals surface area contributed by atoms with Gasteiger partial charge in [0.1, 0.15) is 0 Å². The van der Waals surface area contributed by atoms with Crippen LogP contribution in [0.2, 0.25) is 0 Å². The second kappa shape index (κ2) is 8.76. The van der Waals surface area contributed by atoms with Crippen LogP contribution in [0.3, 0.4) is 0 Å². The van der Waals surface area contributed by atoms with Crippen molar-refractivity contribution in [3.8, 4) is 11.3 Å². The van der Waals surface area contributed by atoms with Gasteiger partial charge in [-0.2, -0.15) is 0 Å². The summed E-state index contributed by atoms with van der Waals surface area (Å²) in [5.41, 5.74) is 10.5. The number of ether oxygens (including phenoxy) is 1. The summed E-state index contributed by atoms with van der Waals surface area (Å²) in [6, 6.07) is 6.58. The van der Waals surface area contributed by atoms with E-state index in [1.807, 2.05) is 6.92 Å². The maximum Gasteiger partial charge on any atom is 0.228 e. The minimum atomic E-state index is -0.262. The minimum absolute atomic E-state index is 0. The van der Waals surface area contributed by atoms with Gasteiger partial charge in [0.25, 0.3) is 0 Å². The molecule has 0 fully saturated rings. The van der Waals surface area contributed by atoms with Crippen LogP contribution in [0.4, 0.5) is 5.13 Å². The SMILES string of the molecule is COC(CN)CC(=O)Nc1nc(-c2ccc3c(c2)CCC3)c(C)s1.Cl. The van der Waals surface area contributed by atoms with Crippen LogP contribution in [0.15, 0.2) is 18.2 Å². The van der Waals surface area contributed by atoms with Crippen LogP contribution in [0.25, 0.3) is 11.3 Å². The van der Waals surface area contributed by atoms with Gasteiger partial charge < -0.3 is 15.8 Å². The molecule has 3 rings (SSSR count). The maximum atomic E-state index is 12.1. The predicted molar refractivity (Wildman–Crippen MR) is 105 cm³/mol. The molecule has 0 saturated heterocycles. The van der Waals surface area contributed by atoms with E-state index in [1.54, 1.807) is 7.11 Å². The molecule has 5 nitrogen and oxygen atoms in total. The Morgan fingerprint density at radius 2 is 2.16 bits per heavy atom. The lowest BCUT2D eigenvalue weighted by Crippen LogP contribution is -2.28. The fourth-order valence-corrected chi connectivity index (χ4v) is 3.93. The van der Waals surface area contributed by atoms with Gasteiger partial charge in [0.15, 0.2) is 5.13 Å². The number of carbonyl (C=O) groups excluding carboxylic acids is 1. The summed E-state index contributed by atoms with van der Waals surface area (Å²) < 4.78 is 5.15. The van der Waals surface area contributed by atoms with E-state index in [4.69, 9.17) is 10.5 Å². The molecule has 1 atom stereocenters. The number of nitrogens with one attached hydrogen (secondary N) is 1. The minimum Gasteiger partial charge on any atom is -0.380 e. The van der Waals surface area contributed by atoms with E-state index in [0.29, 0.717) is 11.7 Å². The zero-order valence-electron chi connectivity index (χ0n) is 14.5. The first-order valence-electron chi connectivity index (χ1n) is 8.23. The van der Waals surface area contributed by atoms with E-state index in [2.05, 4.69) is 28.5 Å². The molecule has 1 aromatic heterocycles. The first-order chi connectivity index (χ1) is 11.6. The molecule has 0 bridgehead atoms. The number of nitrogens with two attached hydrogens (primary N) is 1. The van der Waals surface area contributed by atoms with Gasteiger partial charge in [0, 0.05) is 24.1 Å². The lowest BCUT2D eigenvalue weighted by atomic mass is 10.0. The lowest BCUT2D eigenvalue weighted by Gasteiger charge is -2.11. The molecular weight excluding hydrogens is 358 g/mol. The molecule has 136 valence electrons. The molecule has 1 heterocycles. The van der Waals surface area contributed by atoms with Crippen molar-refractivity contribution in [2.75, 3.05) is 19.0 Å². The number of rotatable bonds is 6. The van der Waals surface area contributed by atoms with Crippen molar-refractivity contribution in [3.63, 3.8) is 0 Å². The van der Waals surface area contributed by atoms with E-state index < -0.39 is 0 Å². The van der Waals surface area contributed by atoms with Crippen molar-refractivity contribution in [2.24, 2.45) is 5.73 Å². The van der Waals surface area contributed by atoms with E-state index in [-0.39, 0.29) is 30.8 Å². The third-order valence-corrected chi connectivity index (χ3v) is 5.31. The molecule has 2 aromatic rings. The largest absolute Gasteiger partial charge is 0.380 e. The fourth-order valence-electron chi connectivity index (χ4n) is 3.08. The Balaban J connectivity index is 0.00000225. The van der Waals surface area contributed by atoms with E-state index in [0.717, 1.165) is 22.6 Å². The third kappa shape index (κ3) is 4.58. The lowest BCUT2D eigenvalue weighted by molar-refractivity contribution is -0.118. The number of hydrogen-bond acceptors (Lipinski definition) is 5. The standard InChI is InChI=1S/C18H23N3O2S.ClH/c1-11-17(14-7-6-12-4-3-5-13(12)8-14)21-18(24-11)20-16(22)9-15(10-19)23-2;/h6-8,15H,3-5,9-10,19H2,1-2H3,(H,20,21,22);1H. The fraction of sp³-hybridized carbons (Fsp3) is 0.444. The number of hydrogen-bond donors (Lipinski definition) is 2. The highest BCUT2D eigenvalue weighted by molar-refractivity contribution is 7.16. The van der Waals surface area contributed by atoms with Crippen LogP contribution in [0.1, 0.15) is 28.8 Å². The van der Waals surface area contributed by atoms with Gasteiger partial charge in [-0.15, -0.1) is 23.7 Å². The summed E-state index contributed by atoms with van der Waals surface area (Å²) in [5.74, 6) is -0.124. The summed E-state index contributed by atoms with van der Waals surface area (Å²) in [6.45, 7) is 2.36. The van der Waals surface area contributed by atoms with Gasteiger partial charge in [-0.05, 0) is 43.4 Å². The van der Waals surface area contributed by atoms with Crippen molar-refractivity contribution >= 4 is 34.8 Å². The zero-order chi connectivity index (χ0) is 17.1. The van der Waals surface area contributed by atoms with E-state index in [9.17, 15) is 4.79 Å². The number of fused-ring (bicyclic) bond motifs is 1. The van der Waals surface area contributed by atoms with Crippen LogP contribution < -0.4 is 11.1 Å². The Morgan fingerprint density at radius 1 is 1.40 bits per heavy atom. The van der Waals surface area contributed by atoms with Crippen LogP contribution >= 0.6 is 23.7 Å². The summed E-state index contributed by atoms with van der Waals surface area (Å²) in [4.78, 5) is 17.8. The molecule has 3 N–H and O–H groups in total. The maximum absolute atomic E-state index is 12.1. The number of halogens is 1. The van der Waals surface area contributed by atoms with Crippen LogP contribution in [0, 0.1) is 6.92 Å². The van der Waals surface area contributed by atoms with Gasteiger partial charge in [0.2, 0.25) is 5.91 Å². The predicted octanol–water partition coefficient (Wildman–Crippen LogP) is 3.33. The van der Waals surface area contributed by atoms with Gasteiger partial charge in [-0.1, -0.05) is 12.1 Å². The summed E-state index contributed by atoms with van der Waals surface area (Å²) >= 11 is 1.50. The van der Waals surface area contributed by atoms with Crippen molar-refractivity contribution < 1.29 is 9.53 Å². The number of amides is 1. The Hall–Kier alpha value is -1.47. The normalized spacial score (nSPS) is 13.9. The summed E-state index contributed by atoms with van der Waals surface area (Å²) in [7, 11) is 1.56. The Kier molecular flexibility index (Phi) is 6.95. The molecule has 0 radical (unpaired) electrons. The van der Waals surface area contributed by atoms with E-state index >= 15 is 0 Å². The molecule has 1 aromatic carbocycles. The molecule has 0 saturated carbocycles. The molecule has 25 heavy (non-hydrogen) atoms. The number of thiazole rings is 1. The van der Waals surface area contributed by atoms with E-state index in [1.165, 1.54) is 35.3 Å². The number of benzene rings is 1. The summed E-state index contributed by atoms with van der Waals surface area (Å²) in [5, 5.41) is 3.48. The molecule has 1 aliphatic carbocycles. The topological polar surface area (TPSA) is 77.2 Å².